The molecule has 2 N–H and O–H groups in total. The number of aliphatic carboxylic acids is 1. The van der Waals surface area contributed by atoms with Crippen molar-refractivity contribution in [3.63, 3.8) is 0 Å². The molecule has 13 heteroatoms. The summed E-state index contributed by atoms with van der Waals surface area (Å²) in [6.45, 7) is 4.02. The van der Waals surface area contributed by atoms with Crippen LogP contribution in [0.1, 0.15) is 53.3 Å². The molecule has 2 aliphatic rings. The van der Waals surface area contributed by atoms with Gasteiger partial charge in [-0.15, -0.1) is 0 Å². The number of rotatable bonds is 11. The Hall–Kier alpha value is -6.22. The van der Waals surface area contributed by atoms with Crippen LogP contribution >= 0.6 is 23.2 Å². The molecule has 0 aliphatic carbocycles. The average Bonchev–Trinajstić information content (AvgIpc) is 3.22. The van der Waals surface area contributed by atoms with Crippen molar-refractivity contribution >= 4 is 41.2 Å². The van der Waals surface area contributed by atoms with Gasteiger partial charge in [0.25, 0.3) is 0 Å². The Bertz CT molecular complexity index is 2360. The van der Waals surface area contributed by atoms with Crippen LogP contribution in [0.25, 0.3) is 11.1 Å². The zero-order valence-electron chi connectivity index (χ0n) is 31.6. The first kappa shape index (κ1) is 40.0. The molecule has 0 aromatic heterocycles. The Morgan fingerprint density at radius 3 is 2.21 bits per heavy atom. The molecule has 7 rings (SSSR count). The molecular formula is C45H39Cl2N3O8. The fourth-order valence-corrected chi connectivity index (χ4v) is 7.18. The van der Waals surface area contributed by atoms with Gasteiger partial charge >= 0.3 is 12.1 Å². The van der Waals surface area contributed by atoms with Gasteiger partial charge in [0.2, 0.25) is 5.91 Å². The van der Waals surface area contributed by atoms with E-state index < -0.39 is 42.3 Å². The van der Waals surface area contributed by atoms with Gasteiger partial charge in [-0.2, -0.15) is 5.26 Å². The zero-order chi connectivity index (χ0) is 40.9. The van der Waals surface area contributed by atoms with Gasteiger partial charge in [0, 0.05) is 12.8 Å². The maximum atomic E-state index is 13.9. The highest BCUT2D eigenvalue weighted by Gasteiger charge is 2.39. The van der Waals surface area contributed by atoms with E-state index in [0.717, 1.165) is 33.4 Å². The Morgan fingerprint density at radius 1 is 0.879 bits per heavy atom. The number of halogens is 2. The van der Waals surface area contributed by atoms with Crippen molar-refractivity contribution in [3.8, 4) is 34.4 Å². The quantitative estimate of drug-likeness (QED) is 0.134. The molecule has 2 aliphatic heterocycles. The molecule has 0 fully saturated rings. The van der Waals surface area contributed by atoms with Crippen LogP contribution < -0.4 is 19.5 Å². The van der Waals surface area contributed by atoms with Crippen molar-refractivity contribution in [2.45, 2.75) is 64.1 Å². The summed E-state index contributed by atoms with van der Waals surface area (Å²) in [6, 6.07) is 30.8. The predicted octanol–water partition coefficient (Wildman–Crippen LogP) is 8.71. The Morgan fingerprint density at radius 2 is 1.55 bits per heavy atom. The Labute approximate surface area is 345 Å². The lowest BCUT2D eigenvalue weighted by molar-refractivity contribution is -0.142. The number of carboxylic acid groups (broad SMARTS) is 1. The van der Waals surface area contributed by atoms with E-state index in [2.05, 4.69) is 11.4 Å². The first-order valence-electron chi connectivity index (χ1n) is 18.7. The third-order valence-electron chi connectivity index (χ3n) is 9.93. The molecule has 0 spiro atoms. The highest BCUT2D eigenvalue weighted by molar-refractivity contribution is 6.42. The van der Waals surface area contributed by atoms with E-state index in [1.165, 1.54) is 4.90 Å². The summed E-state index contributed by atoms with van der Waals surface area (Å²) in [4.78, 5) is 41.2. The van der Waals surface area contributed by atoms with E-state index in [1.807, 2.05) is 66.7 Å². The van der Waals surface area contributed by atoms with Crippen molar-refractivity contribution in [3.05, 3.63) is 147 Å². The lowest BCUT2D eigenvalue weighted by Gasteiger charge is -2.37. The van der Waals surface area contributed by atoms with Crippen LogP contribution in [-0.4, -0.2) is 52.8 Å². The summed E-state index contributed by atoms with van der Waals surface area (Å²) in [7, 11) is 0. The van der Waals surface area contributed by atoms with E-state index in [0.29, 0.717) is 45.0 Å². The average molecular weight is 821 g/mol. The standard InChI is InChI=1S/C45H39Cl2N3O8/c1-26(2)57-45(54)50-23-34-21-41-40(56-25-42(58-41)32-12-14-35(15-13-32)55-24-29-7-16-36(46)37(47)17-29)20-33(34)19-39(50)43(51)49-38(44(52)53)18-27-3-8-30(9-4-27)31-10-5-28(22-48)6-11-31/h3-17,20-21,26,38-39,42H,18-19,23-25H2,1-2H3,(H,49,51)(H,52,53)/t38-,39?,42?/m0/s1. The normalized spacial score (nSPS) is 16.1. The summed E-state index contributed by atoms with van der Waals surface area (Å²) in [5.74, 6) is -0.172. The number of amides is 2. The SMILES string of the molecule is CC(C)OC(=O)N1Cc2cc3c(cc2CC1C(=O)N[C@@H](Cc1ccc(-c2ccc(C#N)cc2)cc1)C(=O)O)OCC(c1ccc(OCc2ccc(Cl)c(Cl)c2)cc1)O3. The molecule has 5 aromatic carbocycles. The number of fused-ring (bicyclic) bond motifs is 2. The zero-order valence-corrected chi connectivity index (χ0v) is 33.1. The molecule has 0 saturated carbocycles. The minimum Gasteiger partial charge on any atom is -0.489 e. The second-order valence-corrected chi connectivity index (χ2v) is 15.2. The molecule has 2 heterocycles. The molecule has 296 valence electrons. The van der Waals surface area contributed by atoms with E-state index in [-0.39, 0.29) is 26.0 Å². The van der Waals surface area contributed by atoms with Gasteiger partial charge in [-0.3, -0.25) is 9.69 Å². The van der Waals surface area contributed by atoms with Gasteiger partial charge < -0.3 is 29.4 Å². The Kier molecular flexibility index (Phi) is 12.1. The van der Waals surface area contributed by atoms with Crippen LogP contribution in [0.5, 0.6) is 17.2 Å². The highest BCUT2D eigenvalue weighted by atomic mass is 35.5. The number of carboxylic acids is 1. The topological polar surface area (TPSA) is 147 Å². The molecule has 5 aromatic rings. The van der Waals surface area contributed by atoms with Crippen molar-refractivity contribution in [1.29, 1.82) is 5.26 Å². The number of carbonyl (C=O) groups is 3. The summed E-state index contributed by atoms with van der Waals surface area (Å²) >= 11 is 12.2. The number of nitrogens with one attached hydrogen (secondary N) is 1. The van der Waals surface area contributed by atoms with Gasteiger partial charge in [0.15, 0.2) is 17.6 Å². The third-order valence-corrected chi connectivity index (χ3v) is 10.7. The van der Waals surface area contributed by atoms with Crippen molar-refractivity contribution in [2.75, 3.05) is 6.61 Å². The smallest absolute Gasteiger partial charge is 0.411 e. The largest absolute Gasteiger partial charge is 0.489 e. The lowest BCUT2D eigenvalue weighted by Crippen LogP contribution is -2.56. The maximum absolute atomic E-state index is 13.9. The molecule has 11 nitrogen and oxygen atoms in total. The van der Waals surface area contributed by atoms with Crippen LogP contribution in [0, 0.1) is 11.3 Å². The molecule has 0 radical (unpaired) electrons. The summed E-state index contributed by atoms with van der Waals surface area (Å²) in [6.07, 6.45) is -1.45. The van der Waals surface area contributed by atoms with E-state index >= 15 is 0 Å². The molecule has 0 bridgehead atoms. The van der Waals surface area contributed by atoms with E-state index in [4.69, 9.17) is 47.4 Å². The minimum absolute atomic E-state index is 0.0167. The van der Waals surface area contributed by atoms with Gasteiger partial charge in [0.1, 0.15) is 31.0 Å². The summed E-state index contributed by atoms with van der Waals surface area (Å²) in [5, 5.41) is 22.9. The van der Waals surface area contributed by atoms with E-state index in [9.17, 15) is 19.5 Å². The molecule has 2 amide bonds. The first-order chi connectivity index (χ1) is 27.9. The van der Waals surface area contributed by atoms with Crippen LogP contribution in [0.3, 0.4) is 0 Å². The van der Waals surface area contributed by atoms with Gasteiger partial charge in [-0.25, -0.2) is 9.59 Å². The maximum Gasteiger partial charge on any atom is 0.411 e. The third kappa shape index (κ3) is 9.31. The summed E-state index contributed by atoms with van der Waals surface area (Å²) in [5.41, 5.74) is 6.33. The molecule has 58 heavy (non-hydrogen) atoms. The number of ether oxygens (including phenoxy) is 4. The van der Waals surface area contributed by atoms with Gasteiger partial charge in [-0.1, -0.05) is 77.8 Å². The van der Waals surface area contributed by atoms with Gasteiger partial charge in [-0.05, 0) is 101 Å². The number of carbonyl (C=O) groups excluding carboxylic acids is 2. The minimum atomic E-state index is -1.27. The Balaban J connectivity index is 1.03. The fourth-order valence-electron chi connectivity index (χ4n) is 6.86. The fraction of sp³-hybridized carbons (Fsp3) is 0.244. The number of nitriles is 1. The molecule has 0 saturated heterocycles. The van der Waals surface area contributed by atoms with Crippen LogP contribution in [0.2, 0.25) is 10.0 Å². The van der Waals surface area contributed by atoms with Crippen LogP contribution in [-0.2, 0) is 40.3 Å². The second-order valence-electron chi connectivity index (χ2n) is 14.4. The molecular weight excluding hydrogens is 781 g/mol. The highest BCUT2D eigenvalue weighted by Crippen LogP contribution is 2.41. The first-order valence-corrected chi connectivity index (χ1v) is 19.4. The van der Waals surface area contributed by atoms with E-state index in [1.54, 1.807) is 50.2 Å². The molecule has 2 unspecified atom stereocenters. The predicted molar refractivity (Wildman–Crippen MR) is 217 cm³/mol. The number of hydrogen-bond acceptors (Lipinski definition) is 8. The van der Waals surface area contributed by atoms with Crippen LogP contribution in [0.15, 0.2) is 103 Å². The monoisotopic (exact) mass is 819 g/mol. The molecule has 3 atom stereocenters. The van der Waals surface area contributed by atoms with Gasteiger partial charge in [0.05, 0.1) is 34.3 Å². The lowest BCUT2D eigenvalue weighted by atomic mass is 9.92. The van der Waals surface area contributed by atoms with Crippen molar-refractivity contribution < 1.29 is 38.4 Å². The number of hydrogen-bond donors (Lipinski definition) is 2. The van der Waals surface area contributed by atoms with Crippen LogP contribution in [0.4, 0.5) is 4.79 Å². The number of nitrogens with zero attached hydrogens (tertiary/aromatic N) is 2. The second kappa shape index (κ2) is 17.5. The van der Waals surface area contributed by atoms with Crippen molar-refractivity contribution in [2.24, 2.45) is 0 Å². The van der Waals surface area contributed by atoms with Crippen molar-refractivity contribution in [1.82, 2.24) is 10.2 Å². The number of benzene rings is 5. The summed E-state index contributed by atoms with van der Waals surface area (Å²) < 4.78 is 24.0.